The summed E-state index contributed by atoms with van der Waals surface area (Å²) in [5, 5.41) is 0. The third-order valence-electron chi connectivity index (χ3n) is 4.56. The Morgan fingerprint density at radius 3 is 2.39 bits per heavy atom. The molecule has 1 amide bonds. The number of carbonyl (C=O) groups excluding carboxylic acids is 2. The van der Waals surface area contributed by atoms with Gasteiger partial charge in [-0.15, -0.1) is 0 Å². The van der Waals surface area contributed by atoms with Crippen molar-refractivity contribution in [2.45, 2.75) is 52.2 Å². The Hall–Kier alpha value is -3.06. The van der Waals surface area contributed by atoms with E-state index in [0.29, 0.717) is 32.2 Å². The number of para-hydroxylation sites is 1. The number of benzene rings is 2. The summed E-state index contributed by atoms with van der Waals surface area (Å²) >= 11 is 0. The molecule has 0 fully saturated rings. The van der Waals surface area contributed by atoms with Crippen molar-refractivity contribution in [2.75, 3.05) is 4.90 Å². The lowest BCUT2D eigenvalue weighted by Crippen LogP contribution is -2.31. The maximum atomic E-state index is 13.0. The third-order valence-corrected chi connectivity index (χ3v) is 4.56. The second-order valence-electron chi connectivity index (χ2n) is 7.15. The van der Waals surface area contributed by atoms with Crippen LogP contribution in [0, 0.1) is 11.8 Å². The van der Waals surface area contributed by atoms with Gasteiger partial charge in [-0.2, -0.15) is 0 Å². The van der Waals surface area contributed by atoms with Crippen LogP contribution in [0.5, 0.6) is 0 Å². The van der Waals surface area contributed by atoms with Gasteiger partial charge in [-0.1, -0.05) is 42.2 Å². The van der Waals surface area contributed by atoms with Crippen LogP contribution in [0.2, 0.25) is 0 Å². The van der Waals surface area contributed by atoms with Gasteiger partial charge in [0.15, 0.2) is 0 Å². The topological polar surface area (TPSA) is 46.6 Å². The van der Waals surface area contributed by atoms with Crippen molar-refractivity contribution in [3.05, 3.63) is 65.2 Å². The number of hydrogen-bond acceptors (Lipinski definition) is 3. The van der Waals surface area contributed by atoms with Crippen molar-refractivity contribution in [3.63, 3.8) is 0 Å². The van der Waals surface area contributed by atoms with E-state index in [1.54, 1.807) is 0 Å². The summed E-state index contributed by atoms with van der Waals surface area (Å²) in [6.45, 7) is 4.17. The number of anilines is 1. The van der Waals surface area contributed by atoms with E-state index in [1.807, 2.05) is 67.3 Å². The maximum absolute atomic E-state index is 13.0. The Bertz CT molecular complexity index is 921. The Morgan fingerprint density at radius 2 is 1.61 bits per heavy atom. The minimum Gasteiger partial charge on any atom is -0.463 e. The highest BCUT2D eigenvalue weighted by Crippen LogP contribution is 2.26. The van der Waals surface area contributed by atoms with Crippen LogP contribution in [-0.4, -0.2) is 18.0 Å². The highest BCUT2D eigenvalue weighted by atomic mass is 16.5. The number of rotatable bonds is 6. The number of carbonyl (C=O) groups is 2. The molecule has 0 aromatic heterocycles. The zero-order valence-corrected chi connectivity index (χ0v) is 16.4. The Kier molecular flexibility index (Phi) is 6.49. The number of unbranched alkanes of at least 4 members (excludes halogenated alkanes) is 1. The van der Waals surface area contributed by atoms with E-state index in [-0.39, 0.29) is 18.0 Å². The largest absolute Gasteiger partial charge is 0.463 e. The summed E-state index contributed by atoms with van der Waals surface area (Å²) in [4.78, 5) is 26.5. The summed E-state index contributed by atoms with van der Waals surface area (Å²) in [6, 6.07) is 15.7. The zero-order chi connectivity index (χ0) is 19.9. The lowest BCUT2D eigenvalue weighted by Gasteiger charge is -2.26. The van der Waals surface area contributed by atoms with Crippen molar-refractivity contribution < 1.29 is 14.3 Å². The molecular weight excluding hydrogens is 350 g/mol. The molecule has 2 aromatic rings. The van der Waals surface area contributed by atoms with E-state index in [0.717, 1.165) is 22.4 Å². The van der Waals surface area contributed by atoms with Crippen LogP contribution < -0.4 is 4.90 Å². The van der Waals surface area contributed by atoms with Crippen molar-refractivity contribution in [1.29, 1.82) is 0 Å². The quantitative estimate of drug-likeness (QED) is 0.426. The van der Waals surface area contributed by atoms with Gasteiger partial charge in [0.05, 0.1) is 18.3 Å². The average molecular weight is 375 g/mol. The molecule has 0 atom stereocenters. The molecule has 4 heteroatoms. The second-order valence-corrected chi connectivity index (χ2v) is 7.15. The van der Waals surface area contributed by atoms with Crippen molar-refractivity contribution in [2.24, 2.45) is 0 Å². The SMILES string of the molecule is CC(C)OC(=O)CCCCC(=O)N1Cc2ccccc2C#Cc2ccccc21. The van der Waals surface area contributed by atoms with E-state index in [2.05, 4.69) is 11.8 Å². The fourth-order valence-corrected chi connectivity index (χ4v) is 3.21. The highest BCUT2D eigenvalue weighted by Gasteiger charge is 2.20. The molecule has 144 valence electrons. The third kappa shape index (κ3) is 5.01. The minimum absolute atomic E-state index is 0.0446. The molecule has 4 nitrogen and oxygen atoms in total. The molecule has 1 aliphatic rings. The summed E-state index contributed by atoms with van der Waals surface area (Å²) in [7, 11) is 0. The monoisotopic (exact) mass is 375 g/mol. The lowest BCUT2D eigenvalue weighted by atomic mass is 10.0. The first-order valence-corrected chi connectivity index (χ1v) is 9.73. The number of nitrogens with zero attached hydrogens (tertiary/aromatic N) is 1. The average Bonchev–Trinajstić information content (AvgIpc) is 2.66. The van der Waals surface area contributed by atoms with Crippen molar-refractivity contribution in [1.82, 2.24) is 0 Å². The van der Waals surface area contributed by atoms with Gasteiger partial charge in [0, 0.05) is 24.0 Å². The molecule has 0 unspecified atom stereocenters. The van der Waals surface area contributed by atoms with E-state index in [9.17, 15) is 9.59 Å². The van der Waals surface area contributed by atoms with Crippen molar-refractivity contribution in [3.8, 4) is 11.8 Å². The summed E-state index contributed by atoms with van der Waals surface area (Å²) in [6.07, 6.45) is 1.92. The Labute approximate surface area is 166 Å². The second kappa shape index (κ2) is 9.23. The van der Waals surface area contributed by atoms with Gasteiger partial charge in [-0.25, -0.2) is 0 Å². The first-order chi connectivity index (χ1) is 13.5. The van der Waals surface area contributed by atoms with E-state index in [4.69, 9.17) is 4.74 Å². The number of esters is 1. The van der Waals surface area contributed by atoms with Crippen LogP contribution in [0.4, 0.5) is 5.69 Å². The molecule has 1 heterocycles. The van der Waals surface area contributed by atoms with E-state index < -0.39 is 0 Å². The fraction of sp³-hybridized carbons (Fsp3) is 0.333. The van der Waals surface area contributed by atoms with Gasteiger partial charge < -0.3 is 9.64 Å². The van der Waals surface area contributed by atoms with E-state index >= 15 is 0 Å². The van der Waals surface area contributed by atoms with Gasteiger partial charge in [-0.3, -0.25) is 9.59 Å². The molecule has 0 bridgehead atoms. The molecule has 28 heavy (non-hydrogen) atoms. The van der Waals surface area contributed by atoms with Crippen LogP contribution in [0.15, 0.2) is 48.5 Å². The maximum Gasteiger partial charge on any atom is 0.306 e. The Balaban J connectivity index is 1.71. The van der Waals surface area contributed by atoms with Crippen LogP contribution in [0.25, 0.3) is 0 Å². The van der Waals surface area contributed by atoms with Crippen molar-refractivity contribution >= 4 is 17.6 Å². The van der Waals surface area contributed by atoms with Crippen LogP contribution in [0.1, 0.15) is 56.2 Å². The standard InChI is InChI=1S/C24H25NO3/c1-18(2)28-24(27)14-8-7-13-23(26)25-17-21-11-4-3-9-19(21)15-16-20-10-5-6-12-22(20)25/h3-6,9-12,18H,7-8,13-14,17H2,1-2H3. The summed E-state index contributed by atoms with van der Waals surface area (Å²) in [5.74, 6) is 6.26. The lowest BCUT2D eigenvalue weighted by molar-refractivity contribution is -0.147. The van der Waals surface area contributed by atoms with E-state index in [1.165, 1.54) is 0 Å². The fourth-order valence-electron chi connectivity index (χ4n) is 3.21. The van der Waals surface area contributed by atoms with Crippen LogP contribution >= 0.6 is 0 Å². The smallest absolute Gasteiger partial charge is 0.306 e. The number of fused-ring (bicyclic) bond motifs is 2. The molecule has 0 aliphatic carbocycles. The molecule has 2 aromatic carbocycles. The number of hydrogen-bond donors (Lipinski definition) is 0. The summed E-state index contributed by atoms with van der Waals surface area (Å²) < 4.78 is 5.14. The first-order valence-electron chi connectivity index (χ1n) is 9.73. The molecule has 0 radical (unpaired) electrons. The predicted molar refractivity (Wildman–Crippen MR) is 110 cm³/mol. The zero-order valence-electron chi connectivity index (χ0n) is 16.4. The molecule has 0 saturated heterocycles. The van der Waals surface area contributed by atoms with Gasteiger partial charge in [0.25, 0.3) is 0 Å². The normalized spacial score (nSPS) is 12.2. The predicted octanol–water partition coefficient (Wildman–Crippen LogP) is 4.45. The molecule has 0 saturated carbocycles. The molecular formula is C24H25NO3. The minimum atomic E-state index is -0.205. The number of amides is 1. The molecule has 1 aliphatic heterocycles. The highest BCUT2D eigenvalue weighted by molar-refractivity contribution is 5.95. The molecule has 0 N–H and O–H groups in total. The molecule has 0 spiro atoms. The molecule has 3 rings (SSSR count). The summed E-state index contributed by atoms with van der Waals surface area (Å²) in [5.41, 5.74) is 3.68. The van der Waals surface area contributed by atoms with Gasteiger partial charge in [0.2, 0.25) is 5.91 Å². The first kappa shape index (κ1) is 19.7. The van der Waals surface area contributed by atoms with Crippen LogP contribution in [0.3, 0.4) is 0 Å². The van der Waals surface area contributed by atoms with Gasteiger partial charge in [-0.05, 0) is 50.5 Å². The number of ether oxygens (including phenoxy) is 1. The van der Waals surface area contributed by atoms with Crippen LogP contribution in [-0.2, 0) is 20.9 Å². The van der Waals surface area contributed by atoms with Gasteiger partial charge in [0.1, 0.15) is 0 Å². The van der Waals surface area contributed by atoms with Gasteiger partial charge >= 0.3 is 5.97 Å². The Morgan fingerprint density at radius 1 is 0.964 bits per heavy atom.